The number of rotatable bonds is 2. The zero-order valence-corrected chi connectivity index (χ0v) is 14.8. The number of amides is 3. The Balaban J connectivity index is 1.55. The lowest BCUT2D eigenvalue weighted by Crippen LogP contribution is -2.53. The summed E-state index contributed by atoms with van der Waals surface area (Å²) in [7, 11) is 0. The van der Waals surface area contributed by atoms with Crippen molar-refractivity contribution in [1.29, 1.82) is 0 Å². The van der Waals surface area contributed by atoms with Crippen LogP contribution in [0, 0.1) is 13.8 Å². The SMILES string of the molecule is Cc1nc(C)c(C(=O)N2C3CCC2CC(N2C(=O)CCC2=O)C3)s1. The van der Waals surface area contributed by atoms with Gasteiger partial charge in [0.15, 0.2) is 0 Å². The van der Waals surface area contributed by atoms with E-state index in [4.69, 9.17) is 0 Å². The molecule has 4 heterocycles. The van der Waals surface area contributed by atoms with E-state index in [-0.39, 0.29) is 35.8 Å². The van der Waals surface area contributed by atoms with Crippen LogP contribution < -0.4 is 0 Å². The number of carbonyl (C=O) groups excluding carboxylic acids is 3. The maximum absolute atomic E-state index is 13.0. The highest BCUT2D eigenvalue weighted by Gasteiger charge is 2.48. The van der Waals surface area contributed by atoms with Crippen LogP contribution in [0.2, 0.25) is 0 Å². The molecule has 2 unspecified atom stereocenters. The highest BCUT2D eigenvalue weighted by molar-refractivity contribution is 7.13. The first kappa shape index (κ1) is 15.7. The first-order valence-electron chi connectivity index (χ1n) is 8.57. The first-order valence-corrected chi connectivity index (χ1v) is 9.39. The average molecular weight is 347 g/mol. The van der Waals surface area contributed by atoms with E-state index >= 15 is 0 Å². The van der Waals surface area contributed by atoms with Gasteiger partial charge in [-0.1, -0.05) is 0 Å². The molecule has 0 saturated carbocycles. The number of likely N-dealkylation sites (tertiary alicyclic amines) is 1. The van der Waals surface area contributed by atoms with Crippen LogP contribution in [0.3, 0.4) is 0 Å². The van der Waals surface area contributed by atoms with Crippen LogP contribution in [0.25, 0.3) is 0 Å². The largest absolute Gasteiger partial charge is 0.332 e. The van der Waals surface area contributed by atoms with Gasteiger partial charge in [0.25, 0.3) is 5.91 Å². The summed E-state index contributed by atoms with van der Waals surface area (Å²) in [5.41, 5.74) is 0.800. The van der Waals surface area contributed by atoms with Gasteiger partial charge in [-0.05, 0) is 39.5 Å². The average Bonchev–Trinajstić information content (AvgIpc) is 3.13. The number of carbonyl (C=O) groups is 3. The van der Waals surface area contributed by atoms with Crippen molar-refractivity contribution in [1.82, 2.24) is 14.8 Å². The summed E-state index contributed by atoms with van der Waals surface area (Å²) in [6.45, 7) is 3.80. The predicted octanol–water partition coefficient (Wildman–Crippen LogP) is 2.04. The molecule has 3 aliphatic rings. The number of nitrogens with zero attached hydrogens (tertiary/aromatic N) is 3. The fourth-order valence-electron chi connectivity index (χ4n) is 4.54. The van der Waals surface area contributed by atoms with Crippen molar-refractivity contribution in [2.24, 2.45) is 0 Å². The van der Waals surface area contributed by atoms with Crippen molar-refractivity contribution < 1.29 is 14.4 Å². The minimum absolute atomic E-state index is 0.0293. The van der Waals surface area contributed by atoms with E-state index < -0.39 is 0 Å². The van der Waals surface area contributed by atoms with Gasteiger partial charge in [-0.15, -0.1) is 11.3 Å². The molecule has 128 valence electrons. The molecule has 0 aliphatic carbocycles. The number of aryl methyl sites for hydroxylation is 2. The number of thiazole rings is 1. The molecule has 2 bridgehead atoms. The van der Waals surface area contributed by atoms with Crippen molar-refractivity contribution >= 4 is 29.1 Å². The van der Waals surface area contributed by atoms with Gasteiger partial charge in [0, 0.05) is 31.0 Å². The van der Waals surface area contributed by atoms with Gasteiger partial charge in [-0.3, -0.25) is 19.3 Å². The zero-order valence-electron chi connectivity index (χ0n) is 13.9. The summed E-state index contributed by atoms with van der Waals surface area (Å²) in [6.07, 6.45) is 4.03. The van der Waals surface area contributed by atoms with Crippen LogP contribution in [0.5, 0.6) is 0 Å². The Kier molecular flexibility index (Phi) is 3.71. The van der Waals surface area contributed by atoms with Gasteiger partial charge in [0.1, 0.15) is 4.88 Å². The molecule has 7 heteroatoms. The Morgan fingerprint density at radius 1 is 1.04 bits per heavy atom. The molecule has 2 atom stereocenters. The lowest BCUT2D eigenvalue weighted by Gasteiger charge is -2.41. The molecule has 6 nitrogen and oxygen atoms in total. The van der Waals surface area contributed by atoms with Crippen molar-refractivity contribution in [3.05, 3.63) is 15.6 Å². The Hall–Kier alpha value is -1.76. The summed E-state index contributed by atoms with van der Waals surface area (Å²) in [5, 5.41) is 0.909. The summed E-state index contributed by atoms with van der Waals surface area (Å²) in [6, 6.07) is 0.229. The second-order valence-electron chi connectivity index (χ2n) is 7.03. The molecule has 1 aromatic rings. The lowest BCUT2D eigenvalue weighted by molar-refractivity contribution is -0.142. The van der Waals surface area contributed by atoms with E-state index in [9.17, 15) is 14.4 Å². The van der Waals surface area contributed by atoms with Crippen molar-refractivity contribution in [3.63, 3.8) is 0 Å². The molecular formula is C17H21N3O3S. The van der Waals surface area contributed by atoms with Crippen LogP contribution >= 0.6 is 11.3 Å². The van der Waals surface area contributed by atoms with Crippen LogP contribution in [-0.4, -0.2) is 50.6 Å². The molecule has 3 saturated heterocycles. The fraction of sp³-hybridized carbons (Fsp3) is 0.647. The molecule has 0 radical (unpaired) electrons. The monoisotopic (exact) mass is 347 g/mol. The highest BCUT2D eigenvalue weighted by atomic mass is 32.1. The molecule has 4 rings (SSSR count). The van der Waals surface area contributed by atoms with E-state index in [2.05, 4.69) is 4.98 Å². The molecular weight excluding hydrogens is 326 g/mol. The molecule has 0 N–H and O–H groups in total. The smallest absolute Gasteiger partial charge is 0.266 e. The van der Waals surface area contributed by atoms with Crippen molar-refractivity contribution in [3.8, 4) is 0 Å². The van der Waals surface area contributed by atoms with Crippen LogP contribution in [-0.2, 0) is 9.59 Å². The maximum Gasteiger partial charge on any atom is 0.266 e. The van der Waals surface area contributed by atoms with E-state index in [1.54, 1.807) is 0 Å². The third kappa shape index (κ3) is 2.37. The second kappa shape index (κ2) is 5.65. The number of piperidine rings is 1. The minimum atomic E-state index is -0.0434. The number of fused-ring (bicyclic) bond motifs is 2. The van der Waals surface area contributed by atoms with E-state index in [0.717, 1.165) is 41.3 Å². The van der Waals surface area contributed by atoms with Gasteiger partial charge < -0.3 is 4.90 Å². The van der Waals surface area contributed by atoms with Gasteiger partial charge >= 0.3 is 0 Å². The first-order chi connectivity index (χ1) is 11.5. The number of aromatic nitrogens is 1. The maximum atomic E-state index is 13.0. The minimum Gasteiger partial charge on any atom is -0.332 e. The molecule has 3 fully saturated rings. The molecule has 3 aliphatic heterocycles. The van der Waals surface area contributed by atoms with Crippen molar-refractivity contribution in [2.45, 2.75) is 70.5 Å². The van der Waals surface area contributed by atoms with Crippen LogP contribution in [0.15, 0.2) is 0 Å². The summed E-state index contributed by atoms with van der Waals surface area (Å²) in [4.78, 5) is 45.6. The topological polar surface area (TPSA) is 70.6 Å². The predicted molar refractivity (Wildman–Crippen MR) is 88.7 cm³/mol. The number of hydrogen-bond acceptors (Lipinski definition) is 5. The quantitative estimate of drug-likeness (QED) is 0.768. The normalized spacial score (nSPS) is 29.7. The summed E-state index contributed by atoms with van der Waals surface area (Å²) in [5.74, 6) is -0.0145. The molecule has 24 heavy (non-hydrogen) atoms. The molecule has 0 spiro atoms. The van der Waals surface area contributed by atoms with E-state index in [1.165, 1.54) is 16.2 Å². The standard InChI is InChI=1S/C17H21N3O3S/c1-9-16(24-10(2)18-9)17(23)19-11-3-4-12(19)8-13(7-11)20-14(21)5-6-15(20)22/h11-13H,3-8H2,1-2H3. The Labute approximate surface area is 144 Å². The number of hydrogen-bond donors (Lipinski definition) is 0. The Morgan fingerprint density at radius 3 is 2.12 bits per heavy atom. The van der Waals surface area contributed by atoms with Gasteiger partial charge in [-0.2, -0.15) is 0 Å². The summed E-state index contributed by atoms with van der Waals surface area (Å²) < 4.78 is 0. The Bertz CT molecular complexity index is 699. The van der Waals surface area contributed by atoms with Crippen molar-refractivity contribution in [2.75, 3.05) is 0 Å². The van der Waals surface area contributed by atoms with Crippen LogP contribution in [0.4, 0.5) is 0 Å². The van der Waals surface area contributed by atoms with E-state index in [0.29, 0.717) is 12.8 Å². The van der Waals surface area contributed by atoms with E-state index in [1.807, 2.05) is 18.7 Å². The van der Waals surface area contributed by atoms with Gasteiger partial charge in [-0.25, -0.2) is 4.98 Å². The third-order valence-electron chi connectivity index (χ3n) is 5.50. The molecule has 1 aromatic heterocycles. The fourth-order valence-corrected chi connectivity index (χ4v) is 5.40. The Morgan fingerprint density at radius 2 is 1.62 bits per heavy atom. The molecule has 0 aromatic carbocycles. The highest BCUT2D eigenvalue weighted by Crippen LogP contribution is 2.40. The third-order valence-corrected chi connectivity index (χ3v) is 6.56. The van der Waals surface area contributed by atoms with Gasteiger partial charge in [0.05, 0.1) is 10.7 Å². The molecule has 3 amide bonds. The number of imide groups is 1. The lowest BCUT2D eigenvalue weighted by atomic mass is 9.95. The summed E-state index contributed by atoms with van der Waals surface area (Å²) >= 11 is 1.45. The zero-order chi connectivity index (χ0) is 17.0. The van der Waals surface area contributed by atoms with Gasteiger partial charge in [0.2, 0.25) is 11.8 Å². The van der Waals surface area contributed by atoms with Crippen LogP contribution in [0.1, 0.15) is 58.9 Å². The second-order valence-corrected chi connectivity index (χ2v) is 8.23.